The summed E-state index contributed by atoms with van der Waals surface area (Å²) in [6.07, 6.45) is 4.30. The Morgan fingerprint density at radius 2 is 2.00 bits per heavy atom. The normalized spacial score (nSPS) is 28.5. The molecule has 1 unspecified atom stereocenters. The fourth-order valence-electron chi connectivity index (χ4n) is 2.71. The van der Waals surface area contributed by atoms with Gasteiger partial charge in [0.1, 0.15) is 0 Å². The number of aliphatic hydroxyl groups is 1. The molecule has 0 aliphatic heterocycles. The summed E-state index contributed by atoms with van der Waals surface area (Å²) >= 11 is 0. The molecule has 2 aliphatic carbocycles. The third-order valence-electron chi connectivity index (χ3n) is 3.67. The summed E-state index contributed by atoms with van der Waals surface area (Å²) in [7, 11) is 0. The third-order valence-corrected chi connectivity index (χ3v) is 3.67. The molecule has 0 heterocycles. The first-order chi connectivity index (χ1) is 6.33. The first-order valence-electron chi connectivity index (χ1n) is 5.09. The van der Waals surface area contributed by atoms with Gasteiger partial charge in [-0.05, 0) is 36.8 Å². The zero-order chi connectivity index (χ0) is 8.89. The minimum absolute atomic E-state index is 0.0811. The molecule has 0 bridgehead atoms. The topological polar surface area (TPSA) is 20.2 Å². The number of hydrogen-bond donors (Lipinski definition) is 1. The van der Waals surface area contributed by atoms with Crippen LogP contribution in [-0.4, -0.2) is 11.2 Å². The molecular weight excluding hydrogens is 160 g/mol. The number of aliphatic hydroxyl groups excluding tert-OH is 1. The van der Waals surface area contributed by atoms with Crippen molar-refractivity contribution in [2.75, 3.05) is 0 Å². The Bertz CT molecular complexity index is 339. The van der Waals surface area contributed by atoms with Crippen molar-refractivity contribution in [1.29, 1.82) is 0 Å². The van der Waals surface area contributed by atoms with Crippen LogP contribution in [0.5, 0.6) is 0 Å². The minimum Gasteiger partial charge on any atom is -0.392 e. The number of rotatable bonds is 0. The molecule has 13 heavy (non-hydrogen) atoms. The summed E-state index contributed by atoms with van der Waals surface area (Å²) in [6.45, 7) is 0. The van der Waals surface area contributed by atoms with Gasteiger partial charge in [0.2, 0.25) is 0 Å². The van der Waals surface area contributed by atoms with Crippen molar-refractivity contribution in [2.24, 2.45) is 0 Å². The maximum absolute atomic E-state index is 9.95. The van der Waals surface area contributed by atoms with Crippen molar-refractivity contribution < 1.29 is 5.11 Å². The van der Waals surface area contributed by atoms with Gasteiger partial charge in [-0.3, -0.25) is 0 Å². The van der Waals surface area contributed by atoms with Crippen LogP contribution in [0.25, 0.3) is 0 Å². The molecule has 1 aromatic rings. The third kappa shape index (κ3) is 0.910. The second kappa shape index (κ2) is 2.36. The van der Waals surface area contributed by atoms with Crippen molar-refractivity contribution in [3.63, 3.8) is 0 Å². The Morgan fingerprint density at radius 1 is 1.23 bits per heavy atom. The molecule has 1 fully saturated rings. The monoisotopic (exact) mass is 174 g/mol. The Kier molecular flexibility index (Phi) is 1.37. The van der Waals surface area contributed by atoms with Gasteiger partial charge < -0.3 is 5.11 Å². The number of fused-ring (bicyclic) bond motifs is 2. The molecule has 0 radical (unpaired) electrons. The van der Waals surface area contributed by atoms with Crippen LogP contribution in [0.2, 0.25) is 0 Å². The van der Waals surface area contributed by atoms with Crippen LogP contribution in [0.15, 0.2) is 24.3 Å². The van der Waals surface area contributed by atoms with E-state index in [0.29, 0.717) is 0 Å². The Balaban J connectivity index is 2.15. The maximum Gasteiger partial charge on any atom is 0.0640 e. The Labute approximate surface area is 78.4 Å². The lowest BCUT2D eigenvalue weighted by Crippen LogP contribution is -2.31. The molecule has 1 nitrogen and oxygen atoms in total. The molecule has 0 saturated heterocycles. The van der Waals surface area contributed by atoms with Gasteiger partial charge in [-0.25, -0.2) is 0 Å². The van der Waals surface area contributed by atoms with Crippen molar-refractivity contribution in [2.45, 2.75) is 37.2 Å². The van der Waals surface area contributed by atoms with Gasteiger partial charge >= 0.3 is 0 Å². The van der Waals surface area contributed by atoms with Crippen LogP contribution in [0.1, 0.15) is 30.4 Å². The molecule has 1 atom stereocenters. The summed E-state index contributed by atoms with van der Waals surface area (Å²) in [5, 5.41) is 9.95. The van der Waals surface area contributed by atoms with E-state index in [2.05, 4.69) is 24.3 Å². The molecule has 0 aromatic heterocycles. The zero-order valence-corrected chi connectivity index (χ0v) is 7.66. The highest BCUT2D eigenvalue weighted by molar-refractivity contribution is 5.42. The highest BCUT2D eigenvalue weighted by Crippen LogP contribution is 2.55. The molecule has 1 N–H and O–H groups in total. The van der Waals surface area contributed by atoms with Crippen LogP contribution >= 0.6 is 0 Å². The van der Waals surface area contributed by atoms with Crippen molar-refractivity contribution >= 4 is 0 Å². The van der Waals surface area contributed by atoms with Crippen molar-refractivity contribution in [1.82, 2.24) is 0 Å². The SMILES string of the molecule is OC1CCc2ccccc2C12CC2. The first-order valence-corrected chi connectivity index (χ1v) is 5.09. The van der Waals surface area contributed by atoms with Gasteiger partial charge in [0, 0.05) is 5.41 Å². The summed E-state index contributed by atoms with van der Waals surface area (Å²) in [4.78, 5) is 0. The van der Waals surface area contributed by atoms with Gasteiger partial charge in [0.15, 0.2) is 0 Å². The average molecular weight is 174 g/mol. The standard InChI is InChI=1S/C12H14O/c13-11-6-5-9-3-1-2-4-10(9)12(11)7-8-12/h1-4,11,13H,5-8H2. The number of hydrogen-bond acceptors (Lipinski definition) is 1. The molecule has 0 amide bonds. The lowest BCUT2D eigenvalue weighted by atomic mass is 9.78. The summed E-state index contributed by atoms with van der Waals surface area (Å²) in [6, 6.07) is 8.61. The van der Waals surface area contributed by atoms with Gasteiger partial charge in [0.25, 0.3) is 0 Å². The lowest BCUT2D eigenvalue weighted by molar-refractivity contribution is 0.114. The van der Waals surface area contributed by atoms with E-state index in [0.717, 1.165) is 12.8 Å². The number of aryl methyl sites for hydroxylation is 1. The van der Waals surface area contributed by atoms with Crippen LogP contribution in [0, 0.1) is 0 Å². The van der Waals surface area contributed by atoms with Crippen molar-refractivity contribution in [3.05, 3.63) is 35.4 Å². The fraction of sp³-hybridized carbons (Fsp3) is 0.500. The molecule has 3 rings (SSSR count). The quantitative estimate of drug-likeness (QED) is 0.638. The fourth-order valence-corrected chi connectivity index (χ4v) is 2.71. The smallest absolute Gasteiger partial charge is 0.0640 e. The molecule has 1 saturated carbocycles. The minimum atomic E-state index is -0.0811. The molecule has 1 spiro atoms. The van der Waals surface area contributed by atoms with Gasteiger partial charge in [0.05, 0.1) is 6.10 Å². The first kappa shape index (κ1) is 7.57. The van der Waals surface area contributed by atoms with Crippen LogP contribution < -0.4 is 0 Å². The van der Waals surface area contributed by atoms with Crippen LogP contribution in [0.4, 0.5) is 0 Å². The molecule has 68 valence electrons. The van der Waals surface area contributed by atoms with Crippen LogP contribution in [-0.2, 0) is 11.8 Å². The average Bonchev–Trinajstić information content (AvgIpc) is 2.94. The Morgan fingerprint density at radius 3 is 2.77 bits per heavy atom. The largest absolute Gasteiger partial charge is 0.392 e. The highest BCUT2D eigenvalue weighted by atomic mass is 16.3. The predicted octanol–water partition coefficient (Wildman–Crippen LogP) is 2.03. The summed E-state index contributed by atoms with van der Waals surface area (Å²) < 4.78 is 0. The van der Waals surface area contributed by atoms with Crippen LogP contribution in [0.3, 0.4) is 0 Å². The summed E-state index contributed by atoms with van der Waals surface area (Å²) in [5.41, 5.74) is 3.06. The summed E-state index contributed by atoms with van der Waals surface area (Å²) in [5.74, 6) is 0. The maximum atomic E-state index is 9.95. The van der Waals surface area contributed by atoms with E-state index in [4.69, 9.17) is 0 Å². The lowest BCUT2D eigenvalue weighted by Gasteiger charge is -2.30. The van der Waals surface area contributed by atoms with Gasteiger partial charge in [-0.1, -0.05) is 24.3 Å². The van der Waals surface area contributed by atoms with E-state index in [-0.39, 0.29) is 11.5 Å². The van der Waals surface area contributed by atoms with Gasteiger partial charge in [-0.15, -0.1) is 0 Å². The second-order valence-electron chi connectivity index (χ2n) is 4.37. The highest BCUT2D eigenvalue weighted by Gasteiger charge is 2.52. The van der Waals surface area contributed by atoms with Crippen molar-refractivity contribution in [3.8, 4) is 0 Å². The van der Waals surface area contributed by atoms with E-state index in [1.807, 2.05) is 0 Å². The van der Waals surface area contributed by atoms with E-state index in [1.165, 1.54) is 24.0 Å². The van der Waals surface area contributed by atoms with E-state index in [9.17, 15) is 5.11 Å². The predicted molar refractivity (Wildman–Crippen MR) is 51.7 cm³/mol. The van der Waals surface area contributed by atoms with E-state index < -0.39 is 0 Å². The van der Waals surface area contributed by atoms with Gasteiger partial charge in [-0.2, -0.15) is 0 Å². The second-order valence-corrected chi connectivity index (χ2v) is 4.37. The zero-order valence-electron chi connectivity index (χ0n) is 7.66. The van der Waals surface area contributed by atoms with E-state index >= 15 is 0 Å². The number of benzene rings is 1. The molecule has 1 heteroatoms. The molecule has 2 aliphatic rings. The van der Waals surface area contributed by atoms with E-state index in [1.54, 1.807) is 0 Å². The Hall–Kier alpha value is -0.820. The molecule has 1 aromatic carbocycles. The molecular formula is C12H14O.